The molecule has 0 bridgehead atoms. The lowest BCUT2D eigenvalue weighted by atomic mass is 9.79. The van der Waals surface area contributed by atoms with Crippen LogP contribution in [0.2, 0.25) is 0 Å². The van der Waals surface area contributed by atoms with Gasteiger partial charge in [0.1, 0.15) is 12.2 Å². The van der Waals surface area contributed by atoms with Crippen molar-refractivity contribution in [3.63, 3.8) is 0 Å². The summed E-state index contributed by atoms with van der Waals surface area (Å²) in [6, 6.07) is 10.9. The maximum absolute atomic E-state index is 13.3. The summed E-state index contributed by atoms with van der Waals surface area (Å²) >= 11 is 0. The molecule has 0 aliphatic carbocycles. The highest BCUT2D eigenvalue weighted by Crippen LogP contribution is 2.41. The van der Waals surface area contributed by atoms with Crippen LogP contribution in [0.1, 0.15) is 47.0 Å². The van der Waals surface area contributed by atoms with Crippen LogP contribution < -0.4 is 0 Å². The zero-order valence-corrected chi connectivity index (χ0v) is 18.6. The Labute approximate surface area is 197 Å². The number of halogens is 6. The lowest BCUT2D eigenvalue weighted by molar-refractivity contribution is -0.143. The van der Waals surface area contributed by atoms with Crippen LogP contribution in [0.4, 0.5) is 26.3 Å². The molecule has 2 heterocycles. The van der Waals surface area contributed by atoms with E-state index >= 15 is 0 Å². The Morgan fingerprint density at radius 2 is 1.66 bits per heavy atom. The number of benzene rings is 2. The number of H-pyrrole nitrogens is 1. The number of nitrogens with zero attached hydrogens (tertiary/aromatic N) is 2. The monoisotopic (exact) mass is 499 g/mol. The van der Waals surface area contributed by atoms with Gasteiger partial charge in [-0.1, -0.05) is 30.3 Å². The molecule has 4 rings (SSSR count). The van der Waals surface area contributed by atoms with Crippen molar-refractivity contribution in [1.29, 1.82) is 0 Å². The van der Waals surface area contributed by atoms with Crippen LogP contribution in [0, 0.1) is 5.92 Å². The Morgan fingerprint density at radius 3 is 2.23 bits per heavy atom. The Hall–Kier alpha value is -2.92. The molecule has 4 atom stereocenters. The topological polar surface area (TPSA) is 60.0 Å². The van der Waals surface area contributed by atoms with E-state index in [-0.39, 0.29) is 30.1 Å². The molecule has 1 aliphatic rings. The van der Waals surface area contributed by atoms with E-state index in [2.05, 4.69) is 15.2 Å². The maximum Gasteiger partial charge on any atom is 0.416 e. The summed E-state index contributed by atoms with van der Waals surface area (Å²) in [5, 5.41) is 6.66. The highest BCUT2D eigenvalue weighted by Gasteiger charge is 2.40. The zero-order valence-electron chi connectivity index (χ0n) is 18.6. The van der Waals surface area contributed by atoms with Gasteiger partial charge in [0, 0.05) is 12.3 Å². The van der Waals surface area contributed by atoms with Crippen molar-refractivity contribution in [2.45, 2.75) is 43.8 Å². The van der Waals surface area contributed by atoms with Gasteiger partial charge in [-0.25, -0.2) is 4.98 Å². The number of nitrogens with one attached hydrogen (secondary N) is 1. The maximum atomic E-state index is 13.3. The summed E-state index contributed by atoms with van der Waals surface area (Å²) in [6.45, 7) is 1.97. The molecule has 0 spiro atoms. The second-order valence-corrected chi connectivity index (χ2v) is 8.53. The van der Waals surface area contributed by atoms with Gasteiger partial charge in [0.25, 0.3) is 0 Å². The largest absolute Gasteiger partial charge is 0.416 e. The van der Waals surface area contributed by atoms with E-state index in [9.17, 15) is 26.3 Å². The smallest absolute Gasteiger partial charge is 0.378 e. The number of aromatic amines is 1. The van der Waals surface area contributed by atoms with E-state index in [1.165, 1.54) is 13.3 Å². The van der Waals surface area contributed by atoms with E-state index in [1.54, 1.807) is 0 Å². The molecule has 11 heteroatoms. The Morgan fingerprint density at radius 1 is 1.00 bits per heavy atom. The molecule has 0 unspecified atom stereocenters. The molecular formula is C24H23F6N3O2. The van der Waals surface area contributed by atoms with Crippen molar-refractivity contribution in [2.24, 2.45) is 5.92 Å². The molecule has 1 saturated heterocycles. The molecular weight excluding hydrogens is 476 g/mol. The normalized spacial score (nSPS) is 22.2. The SMILES string of the molecule is C[C@@H](O[C@H]1COC[C@@H](Cc2ncn[nH]2)[C@@H]1c1ccccc1)c1cc(C(F)(F)F)cc(C(F)(F)F)c1. The summed E-state index contributed by atoms with van der Waals surface area (Å²) in [4.78, 5) is 4.16. The van der Waals surface area contributed by atoms with Crippen LogP contribution in [0.25, 0.3) is 0 Å². The van der Waals surface area contributed by atoms with Gasteiger partial charge in [-0.15, -0.1) is 0 Å². The first kappa shape index (κ1) is 25.2. The number of alkyl halides is 6. The molecule has 188 valence electrons. The first-order valence-electron chi connectivity index (χ1n) is 10.9. The van der Waals surface area contributed by atoms with Crippen molar-refractivity contribution in [1.82, 2.24) is 15.2 Å². The van der Waals surface area contributed by atoms with Crippen molar-refractivity contribution in [3.8, 4) is 0 Å². The minimum Gasteiger partial charge on any atom is -0.378 e. The van der Waals surface area contributed by atoms with Crippen LogP contribution in [0.15, 0.2) is 54.9 Å². The van der Waals surface area contributed by atoms with E-state index < -0.39 is 35.7 Å². The second kappa shape index (κ2) is 9.98. The van der Waals surface area contributed by atoms with Crippen LogP contribution in [-0.4, -0.2) is 34.5 Å². The molecule has 5 nitrogen and oxygen atoms in total. The molecule has 1 N–H and O–H groups in total. The quantitative estimate of drug-likeness (QED) is 0.425. The van der Waals surface area contributed by atoms with Crippen LogP contribution in [0.5, 0.6) is 0 Å². The van der Waals surface area contributed by atoms with Gasteiger partial charge in [0.05, 0.1) is 36.5 Å². The predicted molar refractivity (Wildman–Crippen MR) is 113 cm³/mol. The molecule has 1 aliphatic heterocycles. The third-order valence-electron chi connectivity index (χ3n) is 6.09. The number of ether oxygens (including phenoxy) is 2. The van der Waals surface area contributed by atoms with E-state index in [4.69, 9.17) is 9.47 Å². The lowest BCUT2D eigenvalue weighted by Crippen LogP contribution is -2.41. The number of aromatic nitrogens is 3. The molecule has 1 fully saturated rings. The van der Waals surface area contributed by atoms with Crippen molar-refractivity contribution >= 4 is 0 Å². The van der Waals surface area contributed by atoms with Gasteiger partial charge in [-0.3, -0.25) is 5.10 Å². The summed E-state index contributed by atoms with van der Waals surface area (Å²) in [7, 11) is 0. The number of hydrogen-bond donors (Lipinski definition) is 1. The lowest BCUT2D eigenvalue weighted by Gasteiger charge is -2.39. The van der Waals surface area contributed by atoms with Gasteiger partial charge in [0.15, 0.2) is 0 Å². The highest BCUT2D eigenvalue weighted by atomic mass is 19.4. The second-order valence-electron chi connectivity index (χ2n) is 8.53. The van der Waals surface area contributed by atoms with Crippen molar-refractivity contribution < 1.29 is 35.8 Å². The van der Waals surface area contributed by atoms with Gasteiger partial charge in [-0.2, -0.15) is 31.4 Å². The average Bonchev–Trinajstić information content (AvgIpc) is 3.31. The standard InChI is InChI=1S/C24H23F6N3O2/c1-14(16-7-18(23(25,26)27)10-19(8-16)24(28,29)30)35-20-12-34-11-17(9-21-31-13-32-33-21)22(20)15-5-3-2-4-6-15/h2-8,10,13-14,17,20,22H,9,11-12H2,1H3,(H,31,32,33)/t14-,17-,20+,22+/m1/s1. The van der Waals surface area contributed by atoms with E-state index in [0.29, 0.717) is 31.0 Å². The molecule has 0 saturated carbocycles. The van der Waals surface area contributed by atoms with Gasteiger partial charge in [0.2, 0.25) is 0 Å². The van der Waals surface area contributed by atoms with Crippen LogP contribution in [0.3, 0.4) is 0 Å². The van der Waals surface area contributed by atoms with Crippen LogP contribution in [-0.2, 0) is 28.2 Å². The minimum absolute atomic E-state index is 0.108. The predicted octanol–water partition coefficient (Wildman–Crippen LogP) is 5.96. The zero-order chi connectivity index (χ0) is 25.2. The van der Waals surface area contributed by atoms with Crippen molar-refractivity contribution in [3.05, 3.63) is 82.9 Å². The molecule has 2 aromatic carbocycles. The van der Waals surface area contributed by atoms with Crippen molar-refractivity contribution in [2.75, 3.05) is 13.2 Å². The third-order valence-corrected chi connectivity index (χ3v) is 6.09. The van der Waals surface area contributed by atoms with Gasteiger partial charge >= 0.3 is 12.4 Å². The Balaban J connectivity index is 1.64. The fourth-order valence-electron chi connectivity index (χ4n) is 4.45. The molecule has 1 aromatic heterocycles. The average molecular weight is 499 g/mol. The van der Waals surface area contributed by atoms with E-state index in [0.717, 1.165) is 5.56 Å². The minimum atomic E-state index is -4.93. The fourth-order valence-corrected chi connectivity index (χ4v) is 4.45. The first-order valence-corrected chi connectivity index (χ1v) is 10.9. The highest BCUT2D eigenvalue weighted by molar-refractivity contribution is 5.35. The van der Waals surface area contributed by atoms with Crippen LogP contribution >= 0.6 is 0 Å². The van der Waals surface area contributed by atoms with Gasteiger partial charge in [-0.05, 0) is 42.2 Å². The molecule has 3 aromatic rings. The molecule has 0 amide bonds. The fraction of sp³-hybridized carbons (Fsp3) is 0.417. The summed E-state index contributed by atoms with van der Waals surface area (Å²) in [5.74, 6) is 0.301. The summed E-state index contributed by atoms with van der Waals surface area (Å²) in [6.07, 6.45) is -9.66. The number of rotatable bonds is 6. The first-order chi connectivity index (χ1) is 16.5. The molecule has 0 radical (unpaired) electrons. The summed E-state index contributed by atoms with van der Waals surface area (Å²) in [5.41, 5.74) is -2.03. The van der Waals surface area contributed by atoms with Gasteiger partial charge < -0.3 is 9.47 Å². The number of hydrogen-bond acceptors (Lipinski definition) is 4. The Bertz CT molecular complexity index is 1070. The molecule has 35 heavy (non-hydrogen) atoms. The third kappa shape index (κ3) is 6.02. The summed E-state index contributed by atoms with van der Waals surface area (Å²) < 4.78 is 91.8. The van der Waals surface area contributed by atoms with E-state index in [1.807, 2.05) is 30.3 Å². The Kier molecular flexibility index (Phi) is 7.18.